The Kier molecular flexibility index (Phi) is 8.12. The minimum absolute atomic E-state index is 0.00652. The van der Waals surface area contributed by atoms with E-state index in [9.17, 15) is 13.2 Å². The molecule has 0 saturated heterocycles. The molecule has 1 heterocycles. The van der Waals surface area contributed by atoms with Crippen LogP contribution >= 0.6 is 11.6 Å². The molecule has 5 aromatic rings. The first-order valence-electron chi connectivity index (χ1n) is 13.0. The van der Waals surface area contributed by atoms with Gasteiger partial charge in [-0.2, -0.15) is 4.31 Å². The lowest BCUT2D eigenvalue weighted by Crippen LogP contribution is -2.39. The van der Waals surface area contributed by atoms with Crippen molar-refractivity contribution in [2.24, 2.45) is 0 Å². The smallest absolute Gasteiger partial charge is 0.243 e. The predicted molar refractivity (Wildman–Crippen MR) is 161 cm³/mol. The summed E-state index contributed by atoms with van der Waals surface area (Å²) in [5, 5.41) is 5.20. The van der Waals surface area contributed by atoms with Crippen LogP contribution in [0.25, 0.3) is 21.8 Å². The van der Waals surface area contributed by atoms with Crippen LogP contribution in [0.15, 0.2) is 95.9 Å². The molecule has 1 aromatic heterocycles. The molecular weight excluding hydrogens is 546 g/mol. The maximum Gasteiger partial charge on any atom is 0.243 e. The van der Waals surface area contributed by atoms with E-state index in [1.165, 1.54) is 29.6 Å². The molecule has 40 heavy (non-hydrogen) atoms. The van der Waals surface area contributed by atoms with Crippen molar-refractivity contribution in [1.82, 2.24) is 8.87 Å². The number of aryl methyl sites for hydroxylation is 1. The molecule has 4 aromatic carbocycles. The van der Waals surface area contributed by atoms with Gasteiger partial charge in [-0.25, -0.2) is 8.42 Å². The number of fused-ring (bicyclic) bond motifs is 3. The molecular formula is C31H30ClN3O4S. The Bertz CT molecular complexity index is 1790. The maximum atomic E-state index is 13.7. The number of carbonyl (C=O) groups excluding carboxylic acids is 1. The number of aromatic nitrogens is 1. The minimum atomic E-state index is -4.04. The van der Waals surface area contributed by atoms with Gasteiger partial charge in [0, 0.05) is 40.6 Å². The molecule has 0 atom stereocenters. The number of rotatable bonds is 10. The Morgan fingerprint density at radius 1 is 0.925 bits per heavy atom. The Morgan fingerprint density at radius 2 is 1.65 bits per heavy atom. The van der Waals surface area contributed by atoms with Gasteiger partial charge in [0.05, 0.1) is 23.6 Å². The van der Waals surface area contributed by atoms with Gasteiger partial charge in [-0.3, -0.25) is 4.79 Å². The number of amides is 1. The first-order valence-corrected chi connectivity index (χ1v) is 14.8. The van der Waals surface area contributed by atoms with Crippen molar-refractivity contribution in [3.8, 4) is 5.75 Å². The zero-order valence-electron chi connectivity index (χ0n) is 22.3. The van der Waals surface area contributed by atoms with Gasteiger partial charge < -0.3 is 14.6 Å². The van der Waals surface area contributed by atoms with Crippen LogP contribution in [0.2, 0.25) is 5.02 Å². The molecule has 206 valence electrons. The van der Waals surface area contributed by atoms with E-state index < -0.39 is 15.9 Å². The Labute approximate surface area is 239 Å². The van der Waals surface area contributed by atoms with Gasteiger partial charge in [0.1, 0.15) is 5.75 Å². The molecule has 9 heteroatoms. The maximum absolute atomic E-state index is 13.7. The van der Waals surface area contributed by atoms with Crippen LogP contribution in [-0.4, -0.2) is 43.4 Å². The third kappa shape index (κ3) is 5.56. The number of hydrogen-bond donors (Lipinski definition) is 1. The van der Waals surface area contributed by atoms with Crippen LogP contribution in [0.4, 0.5) is 5.69 Å². The molecule has 0 bridgehead atoms. The van der Waals surface area contributed by atoms with Crippen LogP contribution in [0.1, 0.15) is 12.5 Å². The summed E-state index contributed by atoms with van der Waals surface area (Å²) in [4.78, 5) is 13.3. The van der Waals surface area contributed by atoms with Gasteiger partial charge in [-0.1, -0.05) is 60.1 Å². The van der Waals surface area contributed by atoms with Crippen LogP contribution in [0.5, 0.6) is 5.75 Å². The number of nitrogens with zero attached hydrogens (tertiary/aromatic N) is 2. The summed E-state index contributed by atoms with van der Waals surface area (Å²) in [5.74, 6) is -0.0659. The van der Waals surface area contributed by atoms with E-state index in [0.717, 1.165) is 33.9 Å². The molecule has 0 spiro atoms. The standard InChI is InChI=1S/C31H30ClN3O4S/c1-3-35-28-12-8-7-11-25(28)26-19-23(13-15-29(26)35)33-31(36)21-34(18-17-22-9-5-4-6-10-22)40(37,38)24-14-16-30(39-2)27(32)20-24/h4-16,19-20H,3,17-18,21H2,1-2H3,(H,33,36). The van der Waals surface area contributed by atoms with Crippen LogP contribution in [0.3, 0.4) is 0 Å². The van der Waals surface area contributed by atoms with Crippen molar-refractivity contribution < 1.29 is 17.9 Å². The number of para-hydroxylation sites is 1. The summed E-state index contributed by atoms with van der Waals surface area (Å²) in [6.07, 6.45) is 0.444. The first kappa shape index (κ1) is 27.7. The lowest BCUT2D eigenvalue weighted by Gasteiger charge is -2.22. The highest BCUT2D eigenvalue weighted by Gasteiger charge is 2.27. The third-order valence-electron chi connectivity index (χ3n) is 6.95. The lowest BCUT2D eigenvalue weighted by molar-refractivity contribution is -0.116. The number of ether oxygens (including phenoxy) is 1. The molecule has 5 rings (SSSR count). The summed E-state index contributed by atoms with van der Waals surface area (Å²) in [6, 6.07) is 27.8. The topological polar surface area (TPSA) is 80.6 Å². The summed E-state index contributed by atoms with van der Waals surface area (Å²) >= 11 is 6.24. The number of sulfonamides is 1. The van der Waals surface area contributed by atoms with E-state index in [2.05, 4.69) is 28.9 Å². The molecule has 0 saturated carbocycles. The molecule has 7 nitrogen and oxygen atoms in total. The van der Waals surface area contributed by atoms with Crippen molar-refractivity contribution in [1.29, 1.82) is 0 Å². The average molecular weight is 576 g/mol. The number of anilines is 1. The highest BCUT2D eigenvalue weighted by Crippen LogP contribution is 2.31. The van der Waals surface area contributed by atoms with E-state index in [4.69, 9.17) is 16.3 Å². The number of hydrogen-bond acceptors (Lipinski definition) is 4. The van der Waals surface area contributed by atoms with Gasteiger partial charge in [0.2, 0.25) is 15.9 Å². The molecule has 0 fully saturated rings. The number of halogens is 1. The lowest BCUT2D eigenvalue weighted by atomic mass is 10.1. The highest BCUT2D eigenvalue weighted by molar-refractivity contribution is 7.89. The monoisotopic (exact) mass is 575 g/mol. The van der Waals surface area contributed by atoms with Gasteiger partial charge in [0.25, 0.3) is 0 Å². The summed E-state index contributed by atoms with van der Waals surface area (Å²) in [6.45, 7) is 2.68. The Hall–Kier alpha value is -3.85. The molecule has 0 aliphatic heterocycles. The third-order valence-corrected chi connectivity index (χ3v) is 9.08. The Balaban J connectivity index is 1.42. The van der Waals surface area contributed by atoms with Crippen LogP contribution in [0, 0.1) is 0 Å². The molecule has 1 amide bonds. The Morgan fingerprint density at radius 3 is 2.38 bits per heavy atom. The number of nitrogens with one attached hydrogen (secondary N) is 1. The van der Waals surface area contributed by atoms with Crippen LogP contribution < -0.4 is 10.1 Å². The van der Waals surface area contributed by atoms with E-state index in [1.54, 1.807) is 0 Å². The first-order chi connectivity index (χ1) is 19.3. The van der Waals surface area contributed by atoms with Crippen molar-refractivity contribution in [2.75, 3.05) is 25.5 Å². The van der Waals surface area contributed by atoms with Crippen molar-refractivity contribution in [2.45, 2.75) is 24.8 Å². The molecule has 0 aliphatic rings. The van der Waals surface area contributed by atoms with Gasteiger partial charge in [0.15, 0.2) is 0 Å². The molecule has 0 radical (unpaired) electrons. The van der Waals surface area contributed by atoms with E-state index in [0.29, 0.717) is 17.9 Å². The zero-order chi connectivity index (χ0) is 28.3. The SMILES string of the molecule is CCn1c2ccccc2c2cc(NC(=O)CN(CCc3ccccc3)S(=O)(=O)c3ccc(OC)c(Cl)c3)ccc21. The summed E-state index contributed by atoms with van der Waals surface area (Å²) < 4.78 is 36.0. The average Bonchev–Trinajstić information content (AvgIpc) is 3.28. The quantitative estimate of drug-likeness (QED) is 0.210. The van der Waals surface area contributed by atoms with Gasteiger partial charge in [-0.05, 0) is 61.4 Å². The fourth-order valence-electron chi connectivity index (χ4n) is 4.97. The molecule has 1 N–H and O–H groups in total. The van der Waals surface area contributed by atoms with Crippen LogP contribution in [-0.2, 0) is 27.8 Å². The summed E-state index contributed by atoms with van der Waals surface area (Å²) in [5.41, 5.74) is 3.77. The normalized spacial score (nSPS) is 11.8. The largest absolute Gasteiger partial charge is 0.495 e. The van der Waals surface area contributed by atoms with Gasteiger partial charge >= 0.3 is 0 Å². The second kappa shape index (κ2) is 11.7. The van der Waals surface area contributed by atoms with E-state index >= 15 is 0 Å². The number of methoxy groups -OCH3 is 1. The fraction of sp³-hybridized carbons (Fsp3) is 0.194. The van der Waals surface area contributed by atoms with Crippen molar-refractivity contribution in [3.05, 3.63) is 102 Å². The number of carbonyl (C=O) groups is 1. The van der Waals surface area contributed by atoms with Gasteiger partial charge in [-0.15, -0.1) is 0 Å². The van der Waals surface area contributed by atoms with E-state index in [-0.39, 0.29) is 23.0 Å². The number of benzene rings is 4. The van der Waals surface area contributed by atoms with Crippen molar-refractivity contribution in [3.63, 3.8) is 0 Å². The predicted octanol–water partition coefficient (Wildman–Crippen LogP) is 6.35. The second-order valence-corrected chi connectivity index (χ2v) is 11.8. The van der Waals surface area contributed by atoms with E-state index in [1.807, 2.05) is 60.7 Å². The second-order valence-electron chi connectivity index (χ2n) is 9.41. The highest BCUT2D eigenvalue weighted by atomic mass is 35.5. The summed E-state index contributed by atoms with van der Waals surface area (Å²) in [7, 11) is -2.58. The molecule has 0 aliphatic carbocycles. The van der Waals surface area contributed by atoms with Crippen molar-refractivity contribution >= 4 is 55.0 Å². The zero-order valence-corrected chi connectivity index (χ0v) is 23.9. The fourth-order valence-corrected chi connectivity index (χ4v) is 6.72. The molecule has 0 unspecified atom stereocenters. The minimum Gasteiger partial charge on any atom is -0.495 e.